The first kappa shape index (κ1) is 13.7. The quantitative estimate of drug-likeness (QED) is 0.597. The van der Waals surface area contributed by atoms with Crippen LogP contribution in [0.3, 0.4) is 0 Å². The maximum atomic E-state index is 6.94. The number of nitrogens with zero attached hydrogens (tertiary/aromatic N) is 1. The lowest BCUT2D eigenvalue weighted by Crippen LogP contribution is -2.29. The topological polar surface area (TPSA) is 36.2 Å². The standard InChI is InChI=1S/C14H28N2/c1-10(2)14-8-13(9-14)7-11(3)5-6-12(4)16-15/h10-15H,5-9H2,1-4H3. The van der Waals surface area contributed by atoms with E-state index in [1.807, 2.05) is 6.92 Å². The van der Waals surface area contributed by atoms with Gasteiger partial charge in [0.25, 0.3) is 0 Å². The van der Waals surface area contributed by atoms with E-state index in [1.165, 1.54) is 25.7 Å². The molecule has 0 spiro atoms. The number of nitrogens with one attached hydrogen (secondary N) is 1. The van der Waals surface area contributed by atoms with E-state index < -0.39 is 0 Å². The van der Waals surface area contributed by atoms with Crippen LogP contribution in [0.2, 0.25) is 0 Å². The van der Waals surface area contributed by atoms with Gasteiger partial charge >= 0.3 is 0 Å². The van der Waals surface area contributed by atoms with Gasteiger partial charge in [-0.1, -0.05) is 20.8 Å². The molecule has 0 aromatic heterocycles. The summed E-state index contributed by atoms with van der Waals surface area (Å²) in [6.07, 6.45) is 6.64. The average Bonchev–Trinajstić information content (AvgIpc) is 2.18. The Morgan fingerprint density at radius 1 is 1.12 bits per heavy atom. The highest BCUT2D eigenvalue weighted by Crippen LogP contribution is 2.42. The maximum Gasteiger partial charge on any atom is 0.0677 e. The van der Waals surface area contributed by atoms with Gasteiger partial charge in [-0.25, -0.2) is 5.53 Å². The summed E-state index contributed by atoms with van der Waals surface area (Å²) >= 11 is 0. The smallest absolute Gasteiger partial charge is 0.0677 e. The molecular formula is C14H28N2. The first-order valence-corrected chi connectivity index (χ1v) is 6.89. The molecule has 0 heterocycles. The van der Waals surface area contributed by atoms with Crippen molar-refractivity contribution in [2.24, 2.45) is 28.8 Å². The zero-order valence-electron chi connectivity index (χ0n) is 11.4. The predicted octanol–water partition coefficient (Wildman–Crippen LogP) is 4.89. The SMILES string of the molecule is CC(CCC(C)N=N)CC1CC(C(C)C)C1. The van der Waals surface area contributed by atoms with Crippen molar-refractivity contribution >= 4 is 0 Å². The summed E-state index contributed by atoms with van der Waals surface area (Å²) in [5, 5.41) is 3.56. The van der Waals surface area contributed by atoms with Crippen molar-refractivity contribution in [1.82, 2.24) is 0 Å². The predicted molar refractivity (Wildman–Crippen MR) is 68.7 cm³/mol. The summed E-state index contributed by atoms with van der Waals surface area (Å²) in [4.78, 5) is 0. The van der Waals surface area contributed by atoms with Crippen molar-refractivity contribution in [1.29, 1.82) is 5.53 Å². The largest absolute Gasteiger partial charge is 0.210 e. The second-order valence-electron chi connectivity index (χ2n) is 6.24. The minimum Gasteiger partial charge on any atom is -0.210 e. The van der Waals surface area contributed by atoms with Gasteiger partial charge in [0.05, 0.1) is 6.04 Å². The molecule has 0 radical (unpaired) electrons. The molecule has 2 heteroatoms. The average molecular weight is 224 g/mol. The van der Waals surface area contributed by atoms with Crippen LogP contribution < -0.4 is 0 Å². The molecule has 1 aliphatic rings. The van der Waals surface area contributed by atoms with Crippen molar-refractivity contribution in [3.05, 3.63) is 0 Å². The van der Waals surface area contributed by atoms with E-state index >= 15 is 0 Å². The Kier molecular flexibility index (Phi) is 5.43. The van der Waals surface area contributed by atoms with Crippen LogP contribution in [0.1, 0.15) is 59.8 Å². The summed E-state index contributed by atoms with van der Waals surface area (Å²) in [6, 6.07) is 0.229. The molecule has 1 aliphatic carbocycles. The van der Waals surface area contributed by atoms with E-state index in [2.05, 4.69) is 25.9 Å². The van der Waals surface area contributed by atoms with E-state index in [0.29, 0.717) is 0 Å². The Balaban J connectivity index is 2.08. The lowest BCUT2D eigenvalue weighted by atomic mass is 9.66. The van der Waals surface area contributed by atoms with Gasteiger partial charge in [-0.15, -0.1) is 0 Å². The van der Waals surface area contributed by atoms with E-state index in [0.717, 1.165) is 30.1 Å². The Hall–Kier alpha value is -0.400. The zero-order chi connectivity index (χ0) is 12.1. The van der Waals surface area contributed by atoms with E-state index in [9.17, 15) is 0 Å². The van der Waals surface area contributed by atoms with Crippen LogP contribution in [0.25, 0.3) is 0 Å². The van der Waals surface area contributed by atoms with Gasteiger partial charge in [0.15, 0.2) is 0 Å². The lowest BCUT2D eigenvalue weighted by Gasteiger charge is -2.39. The summed E-state index contributed by atoms with van der Waals surface area (Å²) < 4.78 is 0. The Morgan fingerprint density at radius 2 is 1.75 bits per heavy atom. The van der Waals surface area contributed by atoms with E-state index in [1.54, 1.807) is 0 Å². The molecule has 1 fully saturated rings. The molecule has 2 nitrogen and oxygen atoms in total. The van der Waals surface area contributed by atoms with Gasteiger partial charge in [-0.2, -0.15) is 5.11 Å². The molecule has 1 N–H and O–H groups in total. The van der Waals surface area contributed by atoms with Crippen molar-refractivity contribution < 1.29 is 0 Å². The summed E-state index contributed by atoms with van der Waals surface area (Å²) in [6.45, 7) is 9.10. The maximum absolute atomic E-state index is 6.94. The van der Waals surface area contributed by atoms with Crippen molar-refractivity contribution in [3.8, 4) is 0 Å². The van der Waals surface area contributed by atoms with Crippen molar-refractivity contribution in [2.45, 2.75) is 65.8 Å². The van der Waals surface area contributed by atoms with Crippen LogP contribution in [0, 0.1) is 29.2 Å². The van der Waals surface area contributed by atoms with Crippen LogP contribution in [0.4, 0.5) is 0 Å². The van der Waals surface area contributed by atoms with Crippen LogP contribution >= 0.6 is 0 Å². The summed E-state index contributed by atoms with van der Waals surface area (Å²) in [5.74, 6) is 3.70. The van der Waals surface area contributed by atoms with Crippen LogP contribution in [0.15, 0.2) is 5.11 Å². The van der Waals surface area contributed by atoms with Gasteiger partial charge in [0, 0.05) is 0 Å². The first-order chi connectivity index (χ1) is 7.52. The molecule has 0 amide bonds. The van der Waals surface area contributed by atoms with Gasteiger partial charge < -0.3 is 0 Å². The zero-order valence-corrected chi connectivity index (χ0v) is 11.4. The molecule has 1 rings (SSSR count). The second-order valence-corrected chi connectivity index (χ2v) is 6.24. The Morgan fingerprint density at radius 3 is 2.25 bits per heavy atom. The monoisotopic (exact) mass is 224 g/mol. The number of hydrogen-bond donors (Lipinski definition) is 1. The van der Waals surface area contributed by atoms with E-state index in [-0.39, 0.29) is 6.04 Å². The van der Waals surface area contributed by atoms with Gasteiger partial charge in [-0.3, -0.25) is 0 Å². The van der Waals surface area contributed by atoms with Crippen LogP contribution in [-0.4, -0.2) is 6.04 Å². The highest BCUT2D eigenvalue weighted by atomic mass is 15.0. The fraction of sp³-hybridized carbons (Fsp3) is 1.00. The van der Waals surface area contributed by atoms with Gasteiger partial charge in [-0.05, 0) is 62.7 Å². The minimum absolute atomic E-state index is 0.229. The number of hydrogen-bond acceptors (Lipinski definition) is 2. The van der Waals surface area contributed by atoms with E-state index in [4.69, 9.17) is 5.53 Å². The number of rotatable bonds is 7. The first-order valence-electron chi connectivity index (χ1n) is 6.89. The minimum atomic E-state index is 0.229. The van der Waals surface area contributed by atoms with Crippen LogP contribution in [-0.2, 0) is 0 Å². The Bertz CT molecular complexity index is 207. The molecule has 0 bridgehead atoms. The fourth-order valence-corrected chi connectivity index (χ4v) is 2.80. The molecule has 94 valence electrons. The summed E-state index contributed by atoms with van der Waals surface area (Å²) in [5.41, 5.74) is 6.94. The fourth-order valence-electron chi connectivity index (χ4n) is 2.80. The second kappa shape index (κ2) is 6.36. The van der Waals surface area contributed by atoms with Crippen LogP contribution in [0.5, 0.6) is 0 Å². The third-order valence-electron chi connectivity index (χ3n) is 4.25. The molecule has 0 saturated heterocycles. The molecule has 0 aliphatic heterocycles. The molecule has 16 heavy (non-hydrogen) atoms. The molecule has 2 unspecified atom stereocenters. The molecule has 1 saturated carbocycles. The normalized spacial score (nSPS) is 28.6. The molecular weight excluding hydrogens is 196 g/mol. The third-order valence-corrected chi connectivity index (χ3v) is 4.25. The lowest BCUT2D eigenvalue weighted by molar-refractivity contribution is 0.117. The van der Waals surface area contributed by atoms with Crippen molar-refractivity contribution in [3.63, 3.8) is 0 Å². The molecule has 0 aromatic rings. The summed E-state index contributed by atoms with van der Waals surface area (Å²) in [7, 11) is 0. The molecule has 0 aromatic carbocycles. The van der Waals surface area contributed by atoms with Gasteiger partial charge in [0.2, 0.25) is 0 Å². The van der Waals surface area contributed by atoms with Gasteiger partial charge in [0.1, 0.15) is 0 Å². The van der Waals surface area contributed by atoms with Crippen molar-refractivity contribution in [2.75, 3.05) is 0 Å². The highest BCUT2D eigenvalue weighted by molar-refractivity contribution is 4.82. The molecule has 2 atom stereocenters. The Labute approximate surface area is 101 Å². The highest BCUT2D eigenvalue weighted by Gasteiger charge is 2.31. The third kappa shape index (κ3) is 4.23.